The number of aryl methyl sites for hydroxylation is 1. The summed E-state index contributed by atoms with van der Waals surface area (Å²) in [5.41, 5.74) is 2.70. The van der Waals surface area contributed by atoms with Gasteiger partial charge in [0.2, 0.25) is 0 Å². The van der Waals surface area contributed by atoms with Gasteiger partial charge < -0.3 is 5.32 Å². The normalized spacial score (nSPS) is 12.0. The molecule has 0 saturated carbocycles. The summed E-state index contributed by atoms with van der Waals surface area (Å²) < 4.78 is 0.994. The first-order valence-electron chi connectivity index (χ1n) is 7.49. The lowest BCUT2D eigenvalue weighted by Crippen LogP contribution is -2.26. The van der Waals surface area contributed by atoms with Gasteiger partial charge in [-0.2, -0.15) is 0 Å². The lowest BCUT2D eigenvalue weighted by molar-refractivity contribution is 0.0943. The molecule has 2 heterocycles. The van der Waals surface area contributed by atoms with Crippen LogP contribution in [-0.4, -0.2) is 15.9 Å². The molecule has 0 radical (unpaired) electrons. The second-order valence-corrected chi connectivity index (χ2v) is 7.34. The number of aromatic nitrogens is 2. The van der Waals surface area contributed by atoms with Gasteiger partial charge in [-0.1, -0.05) is 28.1 Å². The molecule has 3 aromatic rings. The van der Waals surface area contributed by atoms with Crippen LogP contribution in [0.25, 0.3) is 10.6 Å². The van der Waals surface area contributed by atoms with E-state index in [1.54, 1.807) is 12.4 Å². The molecular formula is C18H16BrN3OS. The van der Waals surface area contributed by atoms with Crippen molar-refractivity contribution in [1.82, 2.24) is 15.3 Å². The number of carbonyl (C=O) groups is 1. The van der Waals surface area contributed by atoms with Crippen molar-refractivity contribution in [3.05, 3.63) is 69.4 Å². The van der Waals surface area contributed by atoms with E-state index in [1.807, 2.05) is 50.2 Å². The number of nitrogens with zero attached hydrogens (tertiary/aromatic N) is 2. The van der Waals surface area contributed by atoms with Crippen molar-refractivity contribution < 1.29 is 4.79 Å². The van der Waals surface area contributed by atoms with Crippen molar-refractivity contribution in [3.63, 3.8) is 0 Å². The fourth-order valence-corrected chi connectivity index (χ4v) is 3.72. The first-order chi connectivity index (χ1) is 11.5. The van der Waals surface area contributed by atoms with Gasteiger partial charge in [0.05, 0.1) is 11.7 Å². The van der Waals surface area contributed by atoms with Crippen LogP contribution < -0.4 is 5.32 Å². The van der Waals surface area contributed by atoms with Crippen molar-refractivity contribution in [2.75, 3.05) is 0 Å². The highest BCUT2D eigenvalue weighted by molar-refractivity contribution is 9.10. The van der Waals surface area contributed by atoms with E-state index in [0.717, 1.165) is 26.3 Å². The summed E-state index contributed by atoms with van der Waals surface area (Å²) in [4.78, 5) is 21.9. The monoisotopic (exact) mass is 401 g/mol. The van der Waals surface area contributed by atoms with Crippen LogP contribution in [0.1, 0.15) is 33.9 Å². The van der Waals surface area contributed by atoms with Gasteiger partial charge in [0, 0.05) is 22.4 Å². The Morgan fingerprint density at radius 1 is 1.29 bits per heavy atom. The highest BCUT2D eigenvalue weighted by Crippen LogP contribution is 2.28. The summed E-state index contributed by atoms with van der Waals surface area (Å²) in [5.74, 6) is -0.104. The molecule has 1 amide bonds. The van der Waals surface area contributed by atoms with E-state index >= 15 is 0 Å². The topological polar surface area (TPSA) is 54.9 Å². The number of thiazole rings is 1. The number of benzene rings is 1. The number of halogens is 1. The van der Waals surface area contributed by atoms with Crippen LogP contribution in [0.3, 0.4) is 0 Å². The number of hydrogen-bond donors (Lipinski definition) is 1. The summed E-state index contributed by atoms with van der Waals surface area (Å²) >= 11 is 4.84. The maximum atomic E-state index is 12.6. The summed E-state index contributed by atoms with van der Waals surface area (Å²) in [7, 11) is 0. The van der Waals surface area contributed by atoms with Crippen LogP contribution in [0.15, 0.2) is 53.3 Å². The second-order valence-electron chi connectivity index (χ2n) is 5.43. The maximum Gasteiger partial charge on any atom is 0.263 e. The van der Waals surface area contributed by atoms with Crippen LogP contribution in [-0.2, 0) is 0 Å². The quantitative estimate of drug-likeness (QED) is 0.684. The van der Waals surface area contributed by atoms with Crippen molar-refractivity contribution >= 4 is 33.2 Å². The minimum Gasteiger partial charge on any atom is -0.345 e. The predicted molar refractivity (Wildman–Crippen MR) is 100 cm³/mol. The molecule has 1 unspecified atom stereocenters. The highest BCUT2D eigenvalue weighted by atomic mass is 79.9. The molecule has 0 spiro atoms. The smallest absolute Gasteiger partial charge is 0.263 e. The Bertz CT molecular complexity index is 864. The van der Waals surface area contributed by atoms with Crippen molar-refractivity contribution in [1.29, 1.82) is 0 Å². The minimum atomic E-state index is -0.104. The molecule has 3 rings (SSSR count). The molecule has 6 heteroatoms. The third-order valence-corrected chi connectivity index (χ3v) is 5.31. The van der Waals surface area contributed by atoms with Crippen molar-refractivity contribution in [2.45, 2.75) is 19.9 Å². The number of pyridine rings is 1. The van der Waals surface area contributed by atoms with E-state index in [9.17, 15) is 4.79 Å². The summed E-state index contributed by atoms with van der Waals surface area (Å²) in [6, 6.07) is 11.6. The molecular weight excluding hydrogens is 386 g/mol. The Morgan fingerprint density at radius 2 is 2.12 bits per heavy atom. The first-order valence-corrected chi connectivity index (χ1v) is 9.09. The van der Waals surface area contributed by atoms with Gasteiger partial charge in [0.15, 0.2) is 0 Å². The molecule has 0 fully saturated rings. The summed E-state index contributed by atoms with van der Waals surface area (Å²) in [5, 5.41) is 3.85. The lowest BCUT2D eigenvalue weighted by Gasteiger charge is -2.14. The van der Waals surface area contributed by atoms with Crippen LogP contribution in [0.2, 0.25) is 0 Å². The molecule has 122 valence electrons. The number of nitrogens with one attached hydrogen (secondary N) is 1. The molecule has 2 aromatic heterocycles. The molecule has 24 heavy (non-hydrogen) atoms. The van der Waals surface area contributed by atoms with Crippen LogP contribution in [0.5, 0.6) is 0 Å². The minimum absolute atomic E-state index is 0.0849. The fraction of sp³-hybridized carbons (Fsp3) is 0.167. The Balaban J connectivity index is 1.79. The Hall–Kier alpha value is -2.05. The number of amides is 1. The van der Waals surface area contributed by atoms with E-state index in [0.29, 0.717) is 4.88 Å². The fourth-order valence-electron chi connectivity index (χ4n) is 2.34. The molecule has 0 bridgehead atoms. The summed E-state index contributed by atoms with van der Waals surface area (Å²) in [6.45, 7) is 3.83. The predicted octanol–water partition coefficient (Wildman–Crippen LogP) is 4.77. The standard InChI is InChI=1S/C18H16BrN3OS/c1-11(13-5-3-7-15(19)9-13)21-17(23)16-12(2)22-18(24-16)14-6-4-8-20-10-14/h3-11H,1-2H3,(H,21,23). The third-order valence-electron chi connectivity index (χ3n) is 3.61. The van der Waals surface area contributed by atoms with E-state index in [4.69, 9.17) is 0 Å². The molecule has 4 nitrogen and oxygen atoms in total. The van der Waals surface area contributed by atoms with Crippen molar-refractivity contribution in [2.24, 2.45) is 0 Å². The molecule has 1 N–H and O–H groups in total. The maximum absolute atomic E-state index is 12.6. The third kappa shape index (κ3) is 3.71. The van der Waals surface area contributed by atoms with Gasteiger partial charge >= 0.3 is 0 Å². The van der Waals surface area contributed by atoms with Gasteiger partial charge in [-0.3, -0.25) is 9.78 Å². The second kappa shape index (κ2) is 7.23. The van der Waals surface area contributed by atoms with E-state index in [1.165, 1.54) is 11.3 Å². The molecule has 1 atom stereocenters. The average molecular weight is 402 g/mol. The van der Waals surface area contributed by atoms with Crippen molar-refractivity contribution in [3.8, 4) is 10.6 Å². The molecule has 0 aliphatic carbocycles. The van der Waals surface area contributed by atoms with Crippen LogP contribution in [0.4, 0.5) is 0 Å². The Kier molecular flexibility index (Phi) is 5.06. The molecule has 1 aromatic carbocycles. The van der Waals surface area contributed by atoms with E-state index < -0.39 is 0 Å². The number of rotatable bonds is 4. The van der Waals surface area contributed by atoms with Crippen LogP contribution >= 0.6 is 27.3 Å². The summed E-state index contributed by atoms with van der Waals surface area (Å²) in [6.07, 6.45) is 3.47. The van der Waals surface area contributed by atoms with Gasteiger partial charge in [0.1, 0.15) is 9.88 Å². The highest BCUT2D eigenvalue weighted by Gasteiger charge is 2.18. The van der Waals surface area contributed by atoms with Gasteiger partial charge in [-0.25, -0.2) is 4.98 Å². The van der Waals surface area contributed by atoms with Gasteiger partial charge in [-0.15, -0.1) is 11.3 Å². The zero-order valence-electron chi connectivity index (χ0n) is 13.3. The van der Waals surface area contributed by atoms with E-state index in [2.05, 4.69) is 31.2 Å². The zero-order chi connectivity index (χ0) is 17.1. The lowest BCUT2D eigenvalue weighted by atomic mass is 10.1. The largest absolute Gasteiger partial charge is 0.345 e. The van der Waals surface area contributed by atoms with Gasteiger partial charge in [0.25, 0.3) is 5.91 Å². The first kappa shape index (κ1) is 16.8. The number of carbonyl (C=O) groups excluding carboxylic acids is 1. The average Bonchev–Trinajstić information content (AvgIpc) is 2.97. The number of hydrogen-bond acceptors (Lipinski definition) is 4. The van der Waals surface area contributed by atoms with Gasteiger partial charge in [-0.05, 0) is 43.7 Å². The van der Waals surface area contributed by atoms with Crippen LogP contribution in [0, 0.1) is 6.92 Å². The Labute approximate surface area is 153 Å². The molecule has 0 aliphatic rings. The zero-order valence-corrected chi connectivity index (χ0v) is 15.7. The molecule has 0 aliphatic heterocycles. The molecule has 0 saturated heterocycles. The Morgan fingerprint density at radius 3 is 2.83 bits per heavy atom. The van der Waals surface area contributed by atoms with E-state index in [-0.39, 0.29) is 11.9 Å². The SMILES string of the molecule is Cc1nc(-c2cccnc2)sc1C(=O)NC(C)c1cccc(Br)c1.